The van der Waals surface area contributed by atoms with Gasteiger partial charge in [0.1, 0.15) is 24.7 Å². The van der Waals surface area contributed by atoms with Crippen LogP contribution in [0.15, 0.2) is 40.9 Å². The molecule has 0 amide bonds. The number of hydrogen-bond acceptors (Lipinski definition) is 3. The van der Waals surface area contributed by atoms with Crippen LogP contribution < -0.4 is 9.47 Å². The van der Waals surface area contributed by atoms with E-state index in [-0.39, 0.29) is 6.61 Å². The molecular weight excluding hydrogens is 379 g/mol. The van der Waals surface area contributed by atoms with Crippen molar-refractivity contribution >= 4 is 45.4 Å². The first-order chi connectivity index (χ1) is 10.1. The number of halogens is 3. The summed E-state index contributed by atoms with van der Waals surface area (Å²) < 4.78 is 12.0. The second kappa shape index (κ2) is 7.69. The van der Waals surface area contributed by atoms with Gasteiger partial charge in [0.15, 0.2) is 6.29 Å². The van der Waals surface area contributed by atoms with Gasteiger partial charge in [0, 0.05) is 9.50 Å². The summed E-state index contributed by atoms with van der Waals surface area (Å²) in [6.07, 6.45) is 0.655. The lowest BCUT2D eigenvalue weighted by molar-refractivity contribution is 0.111. The zero-order chi connectivity index (χ0) is 15.2. The predicted molar refractivity (Wildman–Crippen MR) is 87.0 cm³/mol. The van der Waals surface area contributed by atoms with Gasteiger partial charge in [0.2, 0.25) is 0 Å². The summed E-state index contributed by atoms with van der Waals surface area (Å²) in [5.74, 6) is 1.04. The van der Waals surface area contributed by atoms with Crippen LogP contribution in [-0.4, -0.2) is 19.5 Å². The smallest absolute Gasteiger partial charge is 0.153 e. The minimum absolute atomic E-state index is 0.259. The Morgan fingerprint density at radius 1 is 1.10 bits per heavy atom. The van der Waals surface area contributed by atoms with E-state index in [4.69, 9.17) is 32.7 Å². The molecule has 0 saturated heterocycles. The number of benzene rings is 2. The molecule has 0 atom stereocenters. The van der Waals surface area contributed by atoms with Crippen molar-refractivity contribution in [2.24, 2.45) is 0 Å². The van der Waals surface area contributed by atoms with E-state index in [0.717, 1.165) is 10.2 Å². The SMILES string of the molecule is O=Cc1cc(Cl)cc(Cl)c1OCCOc1cccc(Br)c1. The summed E-state index contributed by atoms with van der Waals surface area (Å²) in [7, 11) is 0. The highest BCUT2D eigenvalue weighted by Gasteiger charge is 2.10. The summed E-state index contributed by atoms with van der Waals surface area (Å²) in [5.41, 5.74) is 0.315. The minimum atomic E-state index is 0.259. The Hall–Kier alpha value is -1.23. The van der Waals surface area contributed by atoms with Crippen molar-refractivity contribution in [1.82, 2.24) is 0 Å². The molecule has 0 aliphatic heterocycles. The van der Waals surface area contributed by atoms with Crippen LogP contribution in [0.1, 0.15) is 10.4 Å². The van der Waals surface area contributed by atoms with Crippen LogP contribution >= 0.6 is 39.1 Å². The van der Waals surface area contributed by atoms with Crippen LogP contribution in [0, 0.1) is 0 Å². The average Bonchev–Trinajstić information content (AvgIpc) is 2.44. The molecule has 0 heterocycles. The third kappa shape index (κ3) is 4.63. The van der Waals surface area contributed by atoms with Crippen LogP contribution in [0.3, 0.4) is 0 Å². The van der Waals surface area contributed by atoms with Crippen molar-refractivity contribution in [3.8, 4) is 11.5 Å². The lowest BCUT2D eigenvalue weighted by Gasteiger charge is -2.11. The Morgan fingerprint density at radius 2 is 1.86 bits per heavy atom. The molecular formula is C15H11BrCl2O3. The first-order valence-electron chi connectivity index (χ1n) is 6.05. The monoisotopic (exact) mass is 388 g/mol. The molecule has 0 unspecified atom stereocenters. The van der Waals surface area contributed by atoms with Gasteiger partial charge in [-0.05, 0) is 30.3 Å². The van der Waals surface area contributed by atoms with E-state index >= 15 is 0 Å². The fourth-order valence-electron chi connectivity index (χ4n) is 1.68. The molecule has 21 heavy (non-hydrogen) atoms. The van der Waals surface area contributed by atoms with E-state index < -0.39 is 0 Å². The zero-order valence-electron chi connectivity index (χ0n) is 10.8. The van der Waals surface area contributed by atoms with Crippen LogP contribution in [0.2, 0.25) is 10.0 Å². The fourth-order valence-corrected chi connectivity index (χ4v) is 2.62. The highest BCUT2D eigenvalue weighted by atomic mass is 79.9. The number of carbonyl (C=O) groups excluding carboxylic acids is 1. The molecule has 0 aliphatic rings. The standard InChI is InChI=1S/C15H11BrCl2O3/c16-11-2-1-3-13(7-11)20-4-5-21-15-10(9-19)6-12(17)8-14(15)18/h1-3,6-9H,4-5H2. The Labute approximate surface area is 140 Å². The molecule has 0 N–H and O–H groups in total. The van der Waals surface area contributed by atoms with Crippen LogP contribution in [-0.2, 0) is 0 Å². The van der Waals surface area contributed by atoms with E-state index in [1.807, 2.05) is 24.3 Å². The van der Waals surface area contributed by atoms with Gasteiger partial charge in [0.25, 0.3) is 0 Å². The van der Waals surface area contributed by atoms with Gasteiger partial charge in [-0.1, -0.05) is 45.2 Å². The molecule has 0 spiro atoms. The summed E-state index contributed by atoms with van der Waals surface area (Å²) in [4.78, 5) is 11.0. The van der Waals surface area contributed by atoms with Crippen molar-refractivity contribution < 1.29 is 14.3 Å². The molecule has 0 fully saturated rings. The molecule has 110 valence electrons. The zero-order valence-corrected chi connectivity index (χ0v) is 13.9. The lowest BCUT2D eigenvalue weighted by Crippen LogP contribution is -2.10. The predicted octanol–water partition coefficient (Wildman–Crippen LogP) is 5.03. The first-order valence-corrected chi connectivity index (χ1v) is 7.60. The van der Waals surface area contributed by atoms with Gasteiger partial charge >= 0.3 is 0 Å². The summed E-state index contributed by atoms with van der Waals surface area (Å²) >= 11 is 15.2. The van der Waals surface area contributed by atoms with Crippen molar-refractivity contribution in [3.63, 3.8) is 0 Å². The number of rotatable bonds is 6. The first kappa shape index (κ1) is 16.1. The Kier molecular flexibility index (Phi) is 5.91. The third-order valence-corrected chi connectivity index (χ3v) is 3.55. The lowest BCUT2D eigenvalue weighted by atomic mass is 10.2. The van der Waals surface area contributed by atoms with E-state index in [9.17, 15) is 4.79 Å². The summed E-state index contributed by atoms with van der Waals surface area (Å²) in [6.45, 7) is 0.586. The molecule has 0 radical (unpaired) electrons. The second-order valence-electron chi connectivity index (χ2n) is 4.08. The fraction of sp³-hybridized carbons (Fsp3) is 0.133. The van der Waals surface area contributed by atoms with E-state index in [2.05, 4.69) is 15.9 Å². The number of aldehydes is 1. The highest BCUT2D eigenvalue weighted by Crippen LogP contribution is 2.31. The maximum atomic E-state index is 11.0. The van der Waals surface area contributed by atoms with Crippen LogP contribution in [0.25, 0.3) is 0 Å². The van der Waals surface area contributed by atoms with Gasteiger partial charge in [-0.25, -0.2) is 0 Å². The van der Waals surface area contributed by atoms with E-state index in [1.54, 1.807) is 0 Å². The van der Waals surface area contributed by atoms with Gasteiger partial charge in [-0.2, -0.15) is 0 Å². The quantitative estimate of drug-likeness (QED) is 0.513. The molecule has 0 aromatic heterocycles. The normalized spacial score (nSPS) is 10.2. The second-order valence-corrected chi connectivity index (χ2v) is 5.84. The molecule has 0 saturated carbocycles. The average molecular weight is 390 g/mol. The largest absolute Gasteiger partial charge is 0.490 e. The number of carbonyl (C=O) groups is 1. The van der Waals surface area contributed by atoms with Crippen LogP contribution in [0.5, 0.6) is 11.5 Å². The molecule has 3 nitrogen and oxygen atoms in total. The summed E-state index contributed by atoms with van der Waals surface area (Å²) in [5, 5.41) is 0.687. The number of hydrogen-bond donors (Lipinski definition) is 0. The van der Waals surface area contributed by atoms with Crippen LogP contribution in [0.4, 0.5) is 0 Å². The molecule has 2 rings (SSSR count). The molecule has 0 aliphatic carbocycles. The molecule has 2 aromatic carbocycles. The van der Waals surface area contributed by atoms with Crippen molar-refractivity contribution in [2.45, 2.75) is 0 Å². The Morgan fingerprint density at radius 3 is 2.57 bits per heavy atom. The van der Waals surface area contributed by atoms with Crippen molar-refractivity contribution in [1.29, 1.82) is 0 Å². The maximum Gasteiger partial charge on any atom is 0.153 e. The molecule has 0 bridgehead atoms. The van der Waals surface area contributed by atoms with Crippen molar-refractivity contribution in [2.75, 3.05) is 13.2 Å². The van der Waals surface area contributed by atoms with Gasteiger partial charge in [-0.3, -0.25) is 4.79 Å². The molecule has 6 heteroatoms. The van der Waals surface area contributed by atoms with E-state index in [1.165, 1.54) is 12.1 Å². The van der Waals surface area contributed by atoms with Crippen molar-refractivity contribution in [3.05, 3.63) is 56.5 Å². The van der Waals surface area contributed by atoms with Gasteiger partial charge in [0.05, 0.1) is 10.6 Å². The topological polar surface area (TPSA) is 35.5 Å². The highest BCUT2D eigenvalue weighted by molar-refractivity contribution is 9.10. The minimum Gasteiger partial charge on any atom is -0.490 e. The van der Waals surface area contributed by atoms with Gasteiger partial charge < -0.3 is 9.47 Å². The van der Waals surface area contributed by atoms with E-state index in [0.29, 0.717) is 34.3 Å². The Balaban J connectivity index is 1.93. The number of ether oxygens (including phenoxy) is 2. The summed E-state index contributed by atoms with van der Waals surface area (Å²) in [6, 6.07) is 10.5. The third-order valence-electron chi connectivity index (χ3n) is 2.56. The maximum absolute atomic E-state index is 11.0. The molecule has 2 aromatic rings. The van der Waals surface area contributed by atoms with Gasteiger partial charge in [-0.15, -0.1) is 0 Å². The Bertz CT molecular complexity index is 647.